The third-order valence-corrected chi connectivity index (χ3v) is 6.78. The Balaban J connectivity index is 1.45. The molecule has 2 heterocycles. The number of hydrogen-bond donors (Lipinski definition) is 0. The van der Waals surface area contributed by atoms with Crippen molar-refractivity contribution in [2.24, 2.45) is 5.10 Å². The first-order valence-electron chi connectivity index (χ1n) is 10.7. The van der Waals surface area contributed by atoms with Gasteiger partial charge in [-0.15, -0.1) is 0 Å². The van der Waals surface area contributed by atoms with E-state index in [0.717, 1.165) is 27.8 Å². The third-order valence-electron chi connectivity index (χ3n) is 6.28. The molecule has 6 nitrogen and oxygen atoms in total. The predicted molar refractivity (Wildman–Crippen MR) is 133 cm³/mol. The third kappa shape index (κ3) is 3.47. The maximum absolute atomic E-state index is 11.1. The summed E-state index contributed by atoms with van der Waals surface area (Å²) in [6.45, 7) is 0. The standard InChI is InChI=1S/C26H17Cl2N3O3/c27-19-12-21-24-14-23(18-6-5-15-3-1-2-4-17(15)11-18)29-30(24)26(34-25(21)22(28)13-19)16-7-9-20(10-8-16)31(32)33/h1-13,24,26H,14H2/t24-,26+/m1/s1. The highest BCUT2D eigenvalue weighted by atomic mass is 35.5. The quantitative estimate of drug-likeness (QED) is 0.223. The Morgan fingerprint density at radius 3 is 2.50 bits per heavy atom. The summed E-state index contributed by atoms with van der Waals surface area (Å²) in [6.07, 6.45) is 0.0596. The van der Waals surface area contributed by atoms with Crippen LogP contribution in [-0.2, 0) is 0 Å². The van der Waals surface area contributed by atoms with Gasteiger partial charge in [-0.2, -0.15) is 5.10 Å². The Morgan fingerprint density at radius 1 is 0.971 bits per heavy atom. The number of nitro groups is 1. The van der Waals surface area contributed by atoms with E-state index in [-0.39, 0.29) is 11.7 Å². The van der Waals surface area contributed by atoms with E-state index in [2.05, 4.69) is 30.3 Å². The molecule has 0 amide bonds. The van der Waals surface area contributed by atoms with Crippen LogP contribution in [0.2, 0.25) is 10.0 Å². The van der Waals surface area contributed by atoms with Crippen molar-refractivity contribution < 1.29 is 9.66 Å². The van der Waals surface area contributed by atoms with Gasteiger partial charge in [-0.1, -0.05) is 59.6 Å². The van der Waals surface area contributed by atoms with Crippen LogP contribution in [0.15, 0.2) is 84.0 Å². The summed E-state index contributed by atoms with van der Waals surface area (Å²) in [7, 11) is 0. The summed E-state index contributed by atoms with van der Waals surface area (Å²) in [5.41, 5.74) is 3.59. The molecule has 0 radical (unpaired) electrons. The molecule has 0 saturated heterocycles. The van der Waals surface area contributed by atoms with E-state index in [1.54, 1.807) is 18.2 Å². The molecule has 6 rings (SSSR count). The number of fused-ring (bicyclic) bond motifs is 4. The minimum Gasteiger partial charge on any atom is -0.463 e. The smallest absolute Gasteiger partial charge is 0.269 e. The molecule has 0 aliphatic carbocycles. The second-order valence-corrected chi connectivity index (χ2v) is 9.18. The van der Waals surface area contributed by atoms with Gasteiger partial charge < -0.3 is 4.74 Å². The molecule has 0 saturated carbocycles. The highest BCUT2D eigenvalue weighted by molar-refractivity contribution is 6.35. The van der Waals surface area contributed by atoms with Crippen molar-refractivity contribution in [2.75, 3.05) is 0 Å². The molecular weight excluding hydrogens is 473 g/mol. The van der Waals surface area contributed by atoms with Crippen LogP contribution in [-0.4, -0.2) is 15.6 Å². The molecule has 2 atom stereocenters. The summed E-state index contributed by atoms with van der Waals surface area (Å²) in [5, 5.41) is 21.2. The number of halogens is 2. The van der Waals surface area contributed by atoms with Crippen molar-refractivity contribution in [1.82, 2.24) is 5.01 Å². The van der Waals surface area contributed by atoms with Gasteiger partial charge in [0.15, 0.2) is 0 Å². The van der Waals surface area contributed by atoms with E-state index in [1.807, 2.05) is 23.2 Å². The molecule has 0 aromatic heterocycles. The Labute approximate surface area is 205 Å². The normalized spacial score (nSPS) is 18.8. The van der Waals surface area contributed by atoms with Gasteiger partial charge in [-0.25, -0.2) is 5.01 Å². The fourth-order valence-corrected chi connectivity index (χ4v) is 5.19. The van der Waals surface area contributed by atoms with Gasteiger partial charge in [0.2, 0.25) is 6.23 Å². The molecule has 4 aromatic rings. The van der Waals surface area contributed by atoms with Crippen LogP contribution < -0.4 is 4.74 Å². The highest BCUT2D eigenvalue weighted by Gasteiger charge is 2.42. The van der Waals surface area contributed by atoms with Crippen LogP contribution in [0.1, 0.15) is 35.4 Å². The average molecular weight is 490 g/mol. The van der Waals surface area contributed by atoms with Gasteiger partial charge in [0.05, 0.1) is 21.7 Å². The van der Waals surface area contributed by atoms with Crippen LogP contribution in [0.4, 0.5) is 5.69 Å². The number of benzene rings is 4. The van der Waals surface area contributed by atoms with Gasteiger partial charge in [-0.05, 0) is 46.7 Å². The molecule has 4 aromatic carbocycles. The summed E-state index contributed by atoms with van der Waals surface area (Å²) >= 11 is 12.9. The minimum atomic E-state index is -0.588. The average Bonchev–Trinajstić information content (AvgIpc) is 3.29. The molecule has 34 heavy (non-hydrogen) atoms. The van der Waals surface area contributed by atoms with Gasteiger partial charge in [0.25, 0.3) is 5.69 Å². The van der Waals surface area contributed by atoms with Crippen LogP contribution in [0.3, 0.4) is 0 Å². The number of ether oxygens (including phenoxy) is 1. The Kier molecular flexibility index (Phi) is 4.94. The lowest BCUT2D eigenvalue weighted by Crippen LogP contribution is -2.33. The molecular formula is C26H17Cl2N3O3. The Hall–Kier alpha value is -3.61. The van der Waals surface area contributed by atoms with Gasteiger partial charge >= 0.3 is 0 Å². The fourth-order valence-electron chi connectivity index (χ4n) is 4.64. The lowest BCUT2D eigenvalue weighted by atomic mass is 9.95. The monoisotopic (exact) mass is 489 g/mol. The molecule has 0 bridgehead atoms. The first-order chi connectivity index (χ1) is 16.5. The highest BCUT2D eigenvalue weighted by Crippen LogP contribution is 2.51. The van der Waals surface area contributed by atoms with Crippen LogP contribution >= 0.6 is 23.2 Å². The number of hydrogen-bond acceptors (Lipinski definition) is 5. The second-order valence-electron chi connectivity index (χ2n) is 8.33. The SMILES string of the molecule is O=[N+]([O-])c1ccc([C@@H]2Oc3c(Cl)cc(Cl)cc3[C@H]3CC(c4ccc5ccccc5c4)=NN32)cc1. The Morgan fingerprint density at radius 2 is 1.74 bits per heavy atom. The van der Waals surface area contributed by atoms with E-state index in [1.165, 1.54) is 17.5 Å². The summed E-state index contributed by atoms with van der Waals surface area (Å²) in [6, 6.07) is 24.2. The molecule has 0 spiro atoms. The predicted octanol–water partition coefficient (Wildman–Crippen LogP) is 7.30. The molecule has 2 aliphatic heterocycles. The number of rotatable bonds is 3. The summed E-state index contributed by atoms with van der Waals surface area (Å²) in [4.78, 5) is 10.7. The molecule has 168 valence electrons. The van der Waals surface area contributed by atoms with Crippen molar-refractivity contribution in [2.45, 2.75) is 18.7 Å². The zero-order valence-electron chi connectivity index (χ0n) is 17.7. The van der Waals surface area contributed by atoms with E-state index >= 15 is 0 Å². The summed E-state index contributed by atoms with van der Waals surface area (Å²) in [5.74, 6) is 0.561. The van der Waals surface area contributed by atoms with Crippen LogP contribution in [0.5, 0.6) is 5.75 Å². The first kappa shape index (κ1) is 21.0. The van der Waals surface area contributed by atoms with Crippen molar-refractivity contribution in [3.63, 3.8) is 0 Å². The van der Waals surface area contributed by atoms with Crippen molar-refractivity contribution in [3.8, 4) is 5.75 Å². The zero-order chi connectivity index (χ0) is 23.4. The molecule has 2 aliphatic rings. The topological polar surface area (TPSA) is 68.0 Å². The van der Waals surface area contributed by atoms with Gasteiger partial charge in [-0.3, -0.25) is 10.1 Å². The first-order valence-corrected chi connectivity index (χ1v) is 11.5. The van der Waals surface area contributed by atoms with Crippen molar-refractivity contribution in [1.29, 1.82) is 0 Å². The number of nitro benzene ring substituents is 1. The van der Waals surface area contributed by atoms with E-state index in [9.17, 15) is 10.1 Å². The Bertz CT molecular complexity index is 1490. The van der Waals surface area contributed by atoms with Crippen LogP contribution in [0.25, 0.3) is 10.8 Å². The van der Waals surface area contributed by atoms with E-state index < -0.39 is 11.2 Å². The molecule has 0 unspecified atom stereocenters. The molecule has 0 N–H and O–H groups in total. The molecule has 0 fully saturated rings. The van der Waals surface area contributed by atoms with Crippen molar-refractivity contribution >= 4 is 45.4 Å². The number of non-ortho nitro benzene ring substituents is 1. The lowest BCUT2D eigenvalue weighted by Gasteiger charge is -2.38. The van der Waals surface area contributed by atoms with E-state index in [4.69, 9.17) is 33.0 Å². The largest absolute Gasteiger partial charge is 0.463 e. The minimum absolute atomic E-state index is 0.0168. The zero-order valence-corrected chi connectivity index (χ0v) is 19.2. The maximum atomic E-state index is 11.1. The fraction of sp³-hybridized carbons (Fsp3) is 0.115. The molecule has 8 heteroatoms. The van der Waals surface area contributed by atoms with Crippen molar-refractivity contribution in [3.05, 3.63) is 116 Å². The summed E-state index contributed by atoms with van der Waals surface area (Å²) < 4.78 is 6.33. The number of nitrogens with zero attached hydrogens (tertiary/aromatic N) is 3. The van der Waals surface area contributed by atoms with Gasteiger partial charge in [0.1, 0.15) is 5.75 Å². The van der Waals surface area contributed by atoms with Crippen LogP contribution in [0, 0.1) is 10.1 Å². The lowest BCUT2D eigenvalue weighted by molar-refractivity contribution is -0.384. The maximum Gasteiger partial charge on any atom is 0.269 e. The second kappa shape index (κ2) is 8.01. The number of hydrazone groups is 1. The van der Waals surface area contributed by atoms with E-state index in [0.29, 0.717) is 22.2 Å². The van der Waals surface area contributed by atoms with Gasteiger partial charge in [0, 0.05) is 34.7 Å².